The van der Waals surface area contributed by atoms with Crippen LogP contribution in [0.3, 0.4) is 0 Å². The maximum atomic E-state index is 8.98. The molecule has 2 rings (SSSR count). The van der Waals surface area contributed by atoms with Gasteiger partial charge in [-0.25, -0.2) is 4.98 Å². The summed E-state index contributed by atoms with van der Waals surface area (Å²) in [5.74, 6) is 1.15. The monoisotopic (exact) mass is 254 g/mol. The third-order valence-electron chi connectivity index (χ3n) is 2.77. The van der Waals surface area contributed by atoms with Crippen LogP contribution in [0, 0.1) is 11.3 Å². The van der Waals surface area contributed by atoms with Gasteiger partial charge in [-0.1, -0.05) is 12.1 Å². The Bertz CT molecular complexity index is 588. The first-order valence-corrected chi connectivity index (χ1v) is 5.90. The number of hydrogen-bond donors (Lipinski definition) is 0. The van der Waals surface area contributed by atoms with Crippen molar-refractivity contribution in [1.82, 2.24) is 4.98 Å². The van der Waals surface area contributed by atoms with Crippen molar-refractivity contribution in [2.75, 3.05) is 7.11 Å². The van der Waals surface area contributed by atoms with Crippen LogP contribution in [0.1, 0.15) is 24.2 Å². The first-order chi connectivity index (χ1) is 9.24. The Morgan fingerprint density at radius 1 is 1.21 bits per heavy atom. The van der Waals surface area contributed by atoms with Crippen molar-refractivity contribution in [3.63, 3.8) is 0 Å². The van der Waals surface area contributed by atoms with Gasteiger partial charge in [-0.2, -0.15) is 5.26 Å². The predicted molar refractivity (Wildman–Crippen MR) is 71.0 cm³/mol. The summed E-state index contributed by atoms with van der Waals surface area (Å²) in [5.41, 5.74) is 1.43. The summed E-state index contributed by atoms with van der Waals surface area (Å²) in [6.45, 7) is 1.91. The molecule has 0 fully saturated rings. The molecule has 0 aliphatic carbocycles. The van der Waals surface area contributed by atoms with Gasteiger partial charge in [0.15, 0.2) is 0 Å². The highest BCUT2D eigenvalue weighted by Crippen LogP contribution is 2.24. The van der Waals surface area contributed by atoms with Crippen LogP contribution in [0.4, 0.5) is 0 Å². The van der Waals surface area contributed by atoms with Crippen molar-refractivity contribution in [1.29, 1.82) is 5.26 Å². The van der Waals surface area contributed by atoms with Crippen LogP contribution in [0.25, 0.3) is 0 Å². The van der Waals surface area contributed by atoms with E-state index < -0.39 is 0 Å². The molecule has 1 unspecified atom stereocenters. The third kappa shape index (κ3) is 3.02. The van der Waals surface area contributed by atoms with Crippen LogP contribution in [0.5, 0.6) is 11.6 Å². The molecule has 1 aromatic carbocycles. The number of methoxy groups -OCH3 is 1. The van der Waals surface area contributed by atoms with Gasteiger partial charge in [0, 0.05) is 6.20 Å². The number of aromatic nitrogens is 1. The molecule has 0 aliphatic rings. The fourth-order valence-corrected chi connectivity index (χ4v) is 1.68. The van der Waals surface area contributed by atoms with E-state index >= 15 is 0 Å². The second kappa shape index (κ2) is 5.87. The number of ether oxygens (including phenoxy) is 2. The lowest BCUT2D eigenvalue weighted by atomic mass is 10.1. The number of hydrogen-bond acceptors (Lipinski definition) is 4. The number of benzene rings is 1. The molecular formula is C15H14N2O2. The topological polar surface area (TPSA) is 55.1 Å². The lowest BCUT2D eigenvalue weighted by molar-refractivity contribution is 0.216. The number of nitrogens with zero attached hydrogens (tertiary/aromatic N) is 2. The molecule has 19 heavy (non-hydrogen) atoms. The molecule has 1 atom stereocenters. The molecule has 96 valence electrons. The van der Waals surface area contributed by atoms with Gasteiger partial charge in [0.25, 0.3) is 0 Å². The van der Waals surface area contributed by atoms with Crippen LogP contribution in [-0.4, -0.2) is 12.1 Å². The minimum Gasteiger partial charge on any atom is -0.497 e. The van der Waals surface area contributed by atoms with E-state index in [0.717, 1.165) is 11.3 Å². The number of rotatable bonds is 4. The number of nitriles is 1. The van der Waals surface area contributed by atoms with Crippen LogP contribution >= 0.6 is 0 Å². The standard InChI is InChI=1S/C15H14N2O2/c1-11(12-5-7-14(18-2)8-6-12)19-15-13(10-16)4-3-9-17-15/h3-9,11H,1-2H3. The third-order valence-corrected chi connectivity index (χ3v) is 2.77. The van der Waals surface area contributed by atoms with Crippen LogP contribution < -0.4 is 9.47 Å². The Balaban J connectivity index is 2.16. The Kier molecular flexibility index (Phi) is 3.99. The molecule has 0 bridgehead atoms. The Morgan fingerprint density at radius 3 is 2.58 bits per heavy atom. The van der Waals surface area contributed by atoms with Gasteiger partial charge in [0.1, 0.15) is 23.5 Å². The van der Waals surface area contributed by atoms with Crippen molar-refractivity contribution in [2.24, 2.45) is 0 Å². The quantitative estimate of drug-likeness (QED) is 0.841. The highest BCUT2D eigenvalue weighted by atomic mass is 16.5. The van der Waals surface area contributed by atoms with Crippen molar-refractivity contribution < 1.29 is 9.47 Å². The summed E-state index contributed by atoms with van der Waals surface area (Å²) in [5, 5.41) is 8.98. The highest BCUT2D eigenvalue weighted by molar-refractivity contribution is 5.37. The van der Waals surface area contributed by atoms with E-state index in [1.165, 1.54) is 0 Å². The molecule has 4 nitrogen and oxygen atoms in total. The summed E-state index contributed by atoms with van der Waals surface area (Å²) in [6.07, 6.45) is 1.42. The molecular weight excluding hydrogens is 240 g/mol. The second-order valence-corrected chi connectivity index (χ2v) is 4.00. The fourth-order valence-electron chi connectivity index (χ4n) is 1.68. The molecule has 1 aromatic heterocycles. The minimum absolute atomic E-state index is 0.187. The van der Waals surface area contributed by atoms with E-state index in [2.05, 4.69) is 11.1 Å². The molecule has 0 N–H and O–H groups in total. The zero-order valence-electron chi connectivity index (χ0n) is 10.8. The van der Waals surface area contributed by atoms with Crippen molar-refractivity contribution in [2.45, 2.75) is 13.0 Å². The van der Waals surface area contributed by atoms with Gasteiger partial charge in [0.2, 0.25) is 5.88 Å². The van der Waals surface area contributed by atoms with E-state index in [0.29, 0.717) is 11.4 Å². The minimum atomic E-state index is -0.187. The van der Waals surface area contributed by atoms with Crippen molar-refractivity contribution in [3.8, 4) is 17.7 Å². The van der Waals surface area contributed by atoms with Gasteiger partial charge >= 0.3 is 0 Å². The zero-order valence-corrected chi connectivity index (χ0v) is 10.8. The van der Waals surface area contributed by atoms with E-state index in [1.54, 1.807) is 25.4 Å². The lowest BCUT2D eigenvalue weighted by Gasteiger charge is -2.15. The Labute approximate surface area is 112 Å². The maximum Gasteiger partial charge on any atom is 0.232 e. The van der Waals surface area contributed by atoms with Crippen LogP contribution in [-0.2, 0) is 0 Å². The maximum absolute atomic E-state index is 8.98. The van der Waals surface area contributed by atoms with Gasteiger partial charge < -0.3 is 9.47 Å². The first kappa shape index (κ1) is 12.9. The molecule has 0 aliphatic heterocycles. The van der Waals surface area contributed by atoms with Crippen LogP contribution in [0.15, 0.2) is 42.6 Å². The van der Waals surface area contributed by atoms with E-state index in [1.807, 2.05) is 31.2 Å². The smallest absolute Gasteiger partial charge is 0.232 e. The molecule has 1 heterocycles. The van der Waals surface area contributed by atoms with Gasteiger partial charge in [-0.3, -0.25) is 0 Å². The Morgan fingerprint density at radius 2 is 1.95 bits per heavy atom. The second-order valence-electron chi connectivity index (χ2n) is 4.00. The molecule has 4 heteroatoms. The predicted octanol–water partition coefficient (Wildman–Crippen LogP) is 3.10. The number of pyridine rings is 1. The average Bonchev–Trinajstić information content (AvgIpc) is 2.48. The average molecular weight is 254 g/mol. The summed E-state index contributed by atoms with van der Waals surface area (Å²) in [4.78, 5) is 4.08. The Hall–Kier alpha value is -2.54. The lowest BCUT2D eigenvalue weighted by Crippen LogP contribution is -2.05. The summed E-state index contributed by atoms with van der Waals surface area (Å²) in [7, 11) is 1.63. The summed E-state index contributed by atoms with van der Waals surface area (Å²) < 4.78 is 10.8. The van der Waals surface area contributed by atoms with Crippen LogP contribution in [0.2, 0.25) is 0 Å². The van der Waals surface area contributed by atoms with Crippen molar-refractivity contribution in [3.05, 3.63) is 53.7 Å². The SMILES string of the molecule is COc1ccc(C(C)Oc2ncccc2C#N)cc1. The molecule has 0 saturated carbocycles. The van der Waals surface area contributed by atoms with E-state index in [4.69, 9.17) is 14.7 Å². The molecule has 0 radical (unpaired) electrons. The van der Waals surface area contributed by atoms with Gasteiger partial charge in [-0.15, -0.1) is 0 Å². The molecule has 0 spiro atoms. The summed E-state index contributed by atoms with van der Waals surface area (Å²) >= 11 is 0. The van der Waals surface area contributed by atoms with Crippen molar-refractivity contribution >= 4 is 0 Å². The largest absolute Gasteiger partial charge is 0.497 e. The van der Waals surface area contributed by atoms with E-state index in [9.17, 15) is 0 Å². The zero-order chi connectivity index (χ0) is 13.7. The molecule has 2 aromatic rings. The summed E-state index contributed by atoms with van der Waals surface area (Å²) in [6, 6.07) is 13.1. The molecule has 0 saturated heterocycles. The van der Waals surface area contributed by atoms with E-state index in [-0.39, 0.29) is 6.10 Å². The van der Waals surface area contributed by atoms with Gasteiger partial charge in [-0.05, 0) is 36.8 Å². The highest BCUT2D eigenvalue weighted by Gasteiger charge is 2.11. The first-order valence-electron chi connectivity index (χ1n) is 5.90. The molecule has 0 amide bonds. The fraction of sp³-hybridized carbons (Fsp3) is 0.200. The normalized spacial score (nSPS) is 11.4. The van der Waals surface area contributed by atoms with Gasteiger partial charge in [0.05, 0.1) is 7.11 Å².